The van der Waals surface area contributed by atoms with Crippen molar-refractivity contribution in [1.29, 1.82) is 0 Å². The fourth-order valence-corrected chi connectivity index (χ4v) is 7.46. The minimum atomic E-state index is 0.00839. The Balaban J connectivity index is 1.38. The van der Waals surface area contributed by atoms with Crippen LogP contribution in [0.2, 0.25) is 0 Å². The molecule has 1 aromatic heterocycles. The van der Waals surface area contributed by atoms with Gasteiger partial charge in [0.2, 0.25) is 0 Å². The molecule has 6 aromatic carbocycles. The SMILES string of the molecule is CC(C)c1cc(-c2cc(C(C)(C)C)cc3sc(-c4ccccc4N=Cc4cc5ccccc5c5ccccc45)nc23)cc(C(C)C)c1. The Bertz CT molecular complexity index is 2270. The lowest BCUT2D eigenvalue weighted by Crippen LogP contribution is -2.11. The minimum Gasteiger partial charge on any atom is -0.256 e. The van der Waals surface area contributed by atoms with E-state index in [0.29, 0.717) is 11.8 Å². The van der Waals surface area contributed by atoms with Crippen LogP contribution in [0.3, 0.4) is 0 Å². The van der Waals surface area contributed by atoms with Crippen molar-refractivity contribution in [2.24, 2.45) is 4.99 Å². The van der Waals surface area contributed by atoms with E-state index >= 15 is 0 Å². The second-order valence-corrected chi connectivity index (χ2v) is 15.4. The highest BCUT2D eigenvalue weighted by molar-refractivity contribution is 7.21. The Morgan fingerprint density at radius 3 is 2.00 bits per heavy atom. The van der Waals surface area contributed by atoms with Gasteiger partial charge in [-0.2, -0.15) is 0 Å². The number of thiazole rings is 1. The van der Waals surface area contributed by atoms with Crippen molar-refractivity contribution in [2.45, 2.75) is 65.7 Å². The summed E-state index contributed by atoms with van der Waals surface area (Å²) in [6.07, 6.45) is 2.02. The van der Waals surface area contributed by atoms with Crippen LogP contribution >= 0.6 is 11.3 Å². The first-order chi connectivity index (χ1) is 22.6. The zero-order valence-corrected chi connectivity index (χ0v) is 29.2. The maximum Gasteiger partial charge on any atom is 0.126 e. The Labute approximate surface area is 282 Å². The van der Waals surface area contributed by atoms with Gasteiger partial charge in [-0.25, -0.2) is 4.98 Å². The second kappa shape index (κ2) is 12.2. The van der Waals surface area contributed by atoms with E-state index in [1.807, 2.05) is 6.21 Å². The molecule has 0 aliphatic rings. The number of hydrogen-bond donors (Lipinski definition) is 0. The predicted octanol–water partition coefficient (Wildman–Crippen LogP) is 13.2. The molecule has 0 amide bonds. The molecule has 7 aromatic rings. The van der Waals surface area contributed by atoms with Crippen LogP contribution in [0.15, 0.2) is 114 Å². The van der Waals surface area contributed by atoms with E-state index in [-0.39, 0.29) is 5.41 Å². The van der Waals surface area contributed by atoms with Gasteiger partial charge in [-0.05, 0) is 91.4 Å². The van der Waals surface area contributed by atoms with E-state index < -0.39 is 0 Å². The van der Waals surface area contributed by atoms with Crippen molar-refractivity contribution in [3.05, 3.63) is 131 Å². The molecule has 1 heterocycles. The number of hydrogen-bond acceptors (Lipinski definition) is 3. The highest BCUT2D eigenvalue weighted by Gasteiger charge is 2.21. The van der Waals surface area contributed by atoms with E-state index in [1.54, 1.807) is 11.3 Å². The van der Waals surface area contributed by atoms with E-state index in [0.717, 1.165) is 27.3 Å². The summed E-state index contributed by atoms with van der Waals surface area (Å²) >= 11 is 1.77. The quantitative estimate of drug-likeness (QED) is 0.133. The second-order valence-electron chi connectivity index (χ2n) is 14.3. The van der Waals surface area contributed by atoms with Crippen LogP contribution < -0.4 is 0 Å². The number of nitrogens with zero attached hydrogens (tertiary/aromatic N) is 2. The number of fused-ring (bicyclic) bond motifs is 4. The van der Waals surface area contributed by atoms with E-state index in [4.69, 9.17) is 9.98 Å². The summed E-state index contributed by atoms with van der Waals surface area (Å²) in [5.41, 5.74) is 10.7. The molecule has 0 radical (unpaired) electrons. The fraction of sp³-hybridized carbons (Fsp3) is 0.227. The molecule has 0 unspecified atom stereocenters. The van der Waals surface area contributed by atoms with Crippen LogP contribution in [0, 0.1) is 0 Å². The summed E-state index contributed by atoms with van der Waals surface area (Å²) in [4.78, 5) is 10.5. The third-order valence-electron chi connectivity index (χ3n) is 9.26. The summed E-state index contributed by atoms with van der Waals surface area (Å²) in [6.45, 7) is 16.0. The lowest BCUT2D eigenvalue weighted by atomic mass is 9.84. The van der Waals surface area contributed by atoms with Crippen LogP contribution in [-0.2, 0) is 5.41 Å². The Hall–Kier alpha value is -4.60. The topological polar surface area (TPSA) is 25.2 Å². The zero-order valence-electron chi connectivity index (χ0n) is 28.4. The molecular formula is C44H42N2S. The monoisotopic (exact) mass is 630 g/mol. The molecule has 0 N–H and O–H groups in total. The van der Waals surface area contributed by atoms with Crippen molar-refractivity contribution in [3.63, 3.8) is 0 Å². The van der Waals surface area contributed by atoms with Crippen molar-refractivity contribution in [3.8, 4) is 21.7 Å². The molecule has 0 spiro atoms. The molecule has 0 atom stereocenters. The average Bonchev–Trinajstić information content (AvgIpc) is 3.50. The first-order valence-electron chi connectivity index (χ1n) is 16.7. The van der Waals surface area contributed by atoms with Crippen LogP contribution in [-0.4, -0.2) is 11.2 Å². The Morgan fingerprint density at radius 2 is 1.30 bits per heavy atom. The van der Waals surface area contributed by atoms with Crippen LogP contribution in [0.25, 0.3) is 53.5 Å². The zero-order chi connectivity index (χ0) is 32.9. The number of rotatable bonds is 6. The summed E-state index contributed by atoms with van der Waals surface area (Å²) in [7, 11) is 0. The van der Waals surface area contributed by atoms with Crippen molar-refractivity contribution < 1.29 is 0 Å². The normalized spacial score (nSPS) is 12.4. The lowest BCUT2D eigenvalue weighted by molar-refractivity contribution is 0.591. The molecule has 2 nitrogen and oxygen atoms in total. The molecule has 7 rings (SSSR count). The predicted molar refractivity (Wildman–Crippen MR) is 206 cm³/mol. The summed E-state index contributed by atoms with van der Waals surface area (Å²) in [5.74, 6) is 0.897. The van der Waals surface area contributed by atoms with Crippen molar-refractivity contribution in [1.82, 2.24) is 4.98 Å². The minimum absolute atomic E-state index is 0.00839. The summed E-state index contributed by atoms with van der Waals surface area (Å²) in [5, 5.41) is 5.93. The molecule has 0 fully saturated rings. The van der Waals surface area contributed by atoms with Gasteiger partial charge < -0.3 is 0 Å². The van der Waals surface area contributed by atoms with E-state index in [2.05, 4.69) is 158 Å². The molecule has 47 heavy (non-hydrogen) atoms. The van der Waals surface area contributed by atoms with E-state index in [9.17, 15) is 0 Å². The molecule has 0 aliphatic carbocycles. The Kier molecular flexibility index (Phi) is 8.06. The highest BCUT2D eigenvalue weighted by Crippen LogP contribution is 2.42. The maximum absolute atomic E-state index is 5.38. The third kappa shape index (κ3) is 6.01. The van der Waals surface area contributed by atoms with Crippen LogP contribution in [0.5, 0.6) is 0 Å². The number of aliphatic imine (C=N–C) groups is 1. The van der Waals surface area contributed by atoms with Crippen LogP contribution in [0.1, 0.15) is 82.6 Å². The number of para-hydroxylation sites is 1. The molecule has 234 valence electrons. The lowest BCUT2D eigenvalue weighted by Gasteiger charge is -2.21. The van der Waals surface area contributed by atoms with E-state index in [1.165, 1.54) is 54.1 Å². The average molecular weight is 631 g/mol. The number of aromatic nitrogens is 1. The summed E-state index contributed by atoms with van der Waals surface area (Å²) < 4.78 is 1.21. The van der Waals surface area contributed by atoms with Gasteiger partial charge in [0.05, 0.1) is 15.9 Å². The highest BCUT2D eigenvalue weighted by atomic mass is 32.1. The van der Waals surface area contributed by atoms with Gasteiger partial charge in [-0.3, -0.25) is 4.99 Å². The maximum atomic E-state index is 5.38. The molecular weight excluding hydrogens is 589 g/mol. The smallest absolute Gasteiger partial charge is 0.126 e. The van der Waals surface area contributed by atoms with Gasteiger partial charge in [0.15, 0.2) is 0 Å². The molecule has 0 saturated heterocycles. The molecule has 3 heteroatoms. The standard InChI is InChI=1S/C44H42N2S/c1-27(2)30-21-31(28(3)4)23-32(22-30)39-24-34(44(5,6)7)25-41-42(39)46-43(47-41)38-18-12-13-19-40(38)45-26-33-20-29-14-8-9-15-35(29)37-17-11-10-16-36(33)37/h8-28H,1-7H3. The first-order valence-corrected chi connectivity index (χ1v) is 17.5. The molecule has 0 aliphatic heterocycles. The van der Waals surface area contributed by atoms with Gasteiger partial charge in [-0.1, -0.05) is 127 Å². The summed E-state index contributed by atoms with van der Waals surface area (Å²) in [6, 6.07) is 39.7. The van der Waals surface area contributed by atoms with Gasteiger partial charge in [-0.15, -0.1) is 11.3 Å². The van der Waals surface area contributed by atoms with Crippen LogP contribution in [0.4, 0.5) is 5.69 Å². The van der Waals surface area contributed by atoms with Gasteiger partial charge in [0.25, 0.3) is 0 Å². The molecule has 0 bridgehead atoms. The van der Waals surface area contributed by atoms with Crippen molar-refractivity contribution >= 4 is 55.0 Å². The number of benzene rings is 6. The van der Waals surface area contributed by atoms with Gasteiger partial charge in [0, 0.05) is 22.9 Å². The largest absolute Gasteiger partial charge is 0.256 e. The van der Waals surface area contributed by atoms with Gasteiger partial charge in [0.1, 0.15) is 5.01 Å². The first kappa shape index (κ1) is 31.0. The Morgan fingerprint density at radius 1 is 0.660 bits per heavy atom. The molecule has 0 saturated carbocycles. The van der Waals surface area contributed by atoms with Gasteiger partial charge >= 0.3 is 0 Å². The fourth-order valence-electron chi connectivity index (χ4n) is 6.39. The third-order valence-corrected chi connectivity index (χ3v) is 10.3. The van der Waals surface area contributed by atoms with Crippen molar-refractivity contribution in [2.75, 3.05) is 0 Å².